The van der Waals surface area contributed by atoms with Crippen molar-refractivity contribution in [1.82, 2.24) is 9.97 Å². The van der Waals surface area contributed by atoms with E-state index in [1.54, 1.807) is 0 Å². The summed E-state index contributed by atoms with van der Waals surface area (Å²) in [5.74, 6) is 6.06. The van der Waals surface area contributed by atoms with E-state index in [1.165, 1.54) is 11.8 Å². The van der Waals surface area contributed by atoms with Gasteiger partial charge in [0.05, 0.1) is 4.92 Å². The van der Waals surface area contributed by atoms with Crippen molar-refractivity contribution in [3.05, 3.63) is 16.3 Å². The van der Waals surface area contributed by atoms with Gasteiger partial charge >= 0.3 is 5.69 Å². The normalized spacial score (nSPS) is 10.0. The number of nitrogens with zero attached hydrogens (tertiary/aromatic N) is 3. The molecule has 1 rings (SSSR count). The topological polar surface area (TPSA) is 107 Å². The van der Waals surface area contributed by atoms with Crippen LogP contribution < -0.4 is 11.3 Å². The van der Waals surface area contributed by atoms with Crippen LogP contribution in [0.3, 0.4) is 0 Å². The SMILES string of the molecule is CCCSc1nc(NN)ncc1[N+](=O)[O-]. The minimum absolute atomic E-state index is 0.0903. The molecule has 0 aromatic carbocycles. The number of nitro groups is 1. The van der Waals surface area contributed by atoms with Crippen LogP contribution in [0.15, 0.2) is 11.2 Å². The second kappa shape index (κ2) is 5.47. The highest BCUT2D eigenvalue weighted by atomic mass is 32.2. The van der Waals surface area contributed by atoms with Crippen LogP contribution in [0.1, 0.15) is 13.3 Å². The van der Waals surface area contributed by atoms with Crippen LogP contribution in [0.25, 0.3) is 0 Å². The highest BCUT2D eigenvalue weighted by Gasteiger charge is 2.16. The summed E-state index contributed by atoms with van der Waals surface area (Å²) in [6.45, 7) is 1.99. The van der Waals surface area contributed by atoms with Crippen LogP contribution in [-0.2, 0) is 0 Å². The molecule has 0 saturated carbocycles. The molecule has 8 heteroatoms. The highest BCUT2D eigenvalue weighted by Crippen LogP contribution is 2.27. The van der Waals surface area contributed by atoms with Crippen molar-refractivity contribution in [2.24, 2.45) is 5.84 Å². The lowest BCUT2D eigenvalue weighted by atomic mass is 10.5. The van der Waals surface area contributed by atoms with Gasteiger partial charge in [0.25, 0.3) is 0 Å². The molecule has 7 nitrogen and oxygen atoms in total. The number of hydrogen-bond donors (Lipinski definition) is 2. The zero-order valence-electron chi connectivity index (χ0n) is 8.14. The van der Waals surface area contributed by atoms with Crippen molar-refractivity contribution in [1.29, 1.82) is 0 Å². The van der Waals surface area contributed by atoms with Gasteiger partial charge in [-0.15, -0.1) is 0 Å². The van der Waals surface area contributed by atoms with Crippen molar-refractivity contribution in [3.8, 4) is 0 Å². The summed E-state index contributed by atoms with van der Waals surface area (Å²) in [6.07, 6.45) is 2.07. The van der Waals surface area contributed by atoms with E-state index < -0.39 is 4.92 Å². The molecule has 0 fully saturated rings. The Morgan fingerprint density at radius 2 is 2.47 bits per heavy atom. The van der Waals surface area contributed by atoms with E-state index in [4.69, 9.17) is 5.84 Å². The molecular formula is C7H11N5O2S. The van der Waals surface area contributed by atoms with Gasteiger partial charge in [-0.25, -0.2) is 10.8 Å². The summed E-state index contributed by atoms with van der Waals surface area (Å²) in [5, 5.41) is 11.0. The van der Waals surface area contributed by atoms with Crippen molar-refractivity contribution in [2.45, 2.75) is 18.4 Å². The number of thioether (sulfide) groups is 1. The molecule has 1 aromatic heterocycles. The van der Waals surface area contributed by atoms with Crippen LogP contribution in [0.5, 0.6) is 0 Å². The second-order valence-corrected chi connectivity index (χ2v) is 3.72. The first-order valence-electron chi connectivity index (χ1n) is 4.30. The zero-order chi connectivity index (χ0) is 11.3. The Labute approximate surface area is 90.6 Å². The molecule has 0 atom stereocenters. The number of nitrogens with one attached hydrogen (secondary N) is 1. The number of nitrogen functional groups attached to an aromatic ring is 1. The van der Waals surface area contributed by atoms with E-state index in [-0.39, 0.29) is 11.6 Å². The predicted octanol–water partition coefficient (Wildman–Crippen LogP) is 1.17. The number of nitrogens with two attached hydrogens (primary N) is 1. The molecule has 82 valence electrons. The number of aromatic nitrogens is 2. The Bertz CT molecular complexity index is 359. The van der Waals surface area contributed by atoms with Crippen molar-refractivity contribution in [2.75, 3.05) is 11.2 Å². The van der Waals surface area contributed by atoms with Gasteiger partial charge in [0.1, 0.15) is 6.20 Å². The monoisotopic (exact) mass is 229 g/mol. The lowest BCUT2D eigenvalue weighted by Crippen LogP contribution is -2.11. The van der Waals surface area contributed by atoms with Gasteiger partial charge in [-0.3, -0.25) is 15.5 Å². The summed E-state index contributed by atoms with van der Waals surface area (Å²) in [7, 11) is 0. The third-order valence-corrected chi connectivity index (χ3v) is 2.69. The van der Waals surface area contributed by atoms with E-state index in [0.29, 0.717) is 5.03 Å². The van der Waals surface area contributed by atoms with E-state index in [0.717, 1.165) is 18.4 Å². The van der Waals surface area contributed by atoms with Crippen LogP contribution in [-0.4, -0.2) is 20.6 Å². The molecule has 1 aromatic rings. The van der Waals surface area contributed by atoms with Crippen molar-refractivity contribution in [3.63, 3.8) is 0 Å². The van der Waals surface area contributed by atoms with Crippen molar-refractivity contribution >= 4 is 23.4 Å². The zero-order valence-corrected chi connectivity index (χ0v) is 8.95. The first-order chi connectivity index (χ1) is 7.19. The first kappa shape index (κ1) is 11.7. The van der Waals surface area contributed by atoms with Gasteiger partial charge in [-0.05, 0) is 12.2 Å². The maximum Gasteiger partial charge on any atom is 0.319 e. The molecule has 1 heterocycles. The van der Waals surface area contributed by atoms with Crippen LogP contribution >= 0.6 is 11.8 Å². The molecule has 0 unspecified atom stereocenters. The smallest absolute Gasteiger partial charge is 0.292 e. The van der Waals surface area contributed by atoms with E-state index in [2.05, 4.69) is 15.4 Å². The van der Waals surface area contributed by atoms with Gasteiger partial charge in [0.2, 0.25) is 5.95 Å². The predicted molar refractivity (Wildman–Crippen MR) is 57.5 cm³/mol. The Kier molecular flexibility index (Phi) is 4.25. The summed E-state index contributed by atoms with van der Waals surface area (Å²) in [5.41, 5.74) is 2.16. The fourth-order valence-electron chi connectivity index (χ4n) is 0.860. The van der Waals surface area contributed by atoms with E-state index >= 15 is 0 Å². The molecule has 0 saturated heterocycles. The molecule has 0 radical (unpaired) electrons. The van der Waals surface area contributed by atoms with E-state index in [9.17, 15) is 10.1 Å². The molecule has 15 heavy (non-hydrogen) atoms. The second-order valence-electron chi connectivity index (χ2n) is 2.63. The van der Waals surface area contributed by atoms with Gasteiger partial charge in [-0.2, -0.15) is 4.98 Å². The Balaban J connectivity index is 2.99. The average molecular weight is 229 g/mol. The third-order valence-electron chi connectivity index (χ3n) is 1.50. The number of hydrazine groups is 1. The van der Waals surface area contributed by atoms with Crippen LogP contribution in [0.2, 0.25) is 0 Å². The lowest BCUT2D eigenvalue weighted by Gasteiger charge is -2.02. The molecule has 0 bridgehead atoms. The Morgan fingerprint density at radius 1 is 1.73 bits per heavy atom. The Hall–Kier alpha value is -1.41. The summed E-state index contributed by atoms with van der Waals surface area (Å²) in [6, 6.07) is 0. The molecule has 0 aliphatic heterocycles. The van der Waals surface area contributed by atoms with Crippen LogP contribution in [0, 0.1) is 10.1 Å². The molecule has 0 amide bonds. The van der Waals surface area contributed by atoms with Crippen LogP contribution in [0.4, 0.5) is 11.6 Å². The average Bonchev–Trinajstić information content (AvgIpc) is 2.25. The molecule has 0 aliphatic rings. The molecule has 0 spiro atoms. The number of rotatable bonds is 5. The largest absolute Gasteiger partial charge is 0.319 e. The standard InChI is InChI=1S/C7H11N5O2S/c1-2-3-15-6-5(12(13)14)4-9-7(10-6)11-8/h4H,2-3,8H2,1H3,(H,9,10,11). The van der Waals surface area contributed by atoms with Gasteiger partial charge in [0.15, 0.2) is 5.03 Å². The minimum Gasteiger partial charge on any atom is -0.292 e. The van der Waals surface area contributed by atoms with Crippen molar-refractivity contribution < 1.29 is 4.92 Å². The summed E-state index contributed by atoms with van der Waals surface area (Å²) in [4.78, 5) is 17.8. The van der Waals surface area contributed by atoms with Gasteiger partial charge in [0, 0.05) is 0 Å². The first-order valence-corrected chi connectivity index (χ1v) is 5.28. The maximum atomic E-state index is 10.6. The lowest BCUT2D eigenvalue weighted by molar-refractivity contribution is -0.388. The number of anilines is 1. The quantitative estimate of drug-likeness (QED) is 0.256. The summed E-state index contributed by atoms with van der Waals surface area (Å²) < 4.78 is 0. The molecule has 0 aliphatic carbocycles. The molecule has 3 N–H and O–H groups in total. The maximum absolute atomic E-state index is 10.6. The highest BCUT2D eigenvalue weighted by molar-refractivity contribution is 7.99. The fraction of sp³-hybridized carbons (Fsp3) is 0.429. The Morgan fingerprint density at radius 3 is 3.00 bits per heavy atom. The van der Waals surface area contributed by atoms with Gasteiger partial charge < -0.3 is 0 Å². The minimum atomic E-state index is -0.502. The summed E-state index contributed by atoms with van der Waals surface area (Å²) >= 11 is 1.32. The molecular weight excluding hydrogens is 218 g/mol. The third kappa shape index (κ3) is 3.03. The fourth-order valence-corrected chi connectivity index (χ4v) is 1.68. The van der Waals surface area contributed by atoms with Gasteiger partial charge in [-0.1, -0.05) is 18.7 Å². The number of hydrogen-bond acceptors (Lipinski definition) is 7. The van der Waals surface area contributed by atoms with E-state index in [1.807, 2.05) is 6.92 Å².